The van der Waals surface area contributed by atoms with Gasteiger partial charge in [0.25, 0.3) is 11.6 Å². The number of non-ortho nitro benzene ring substituents is 1. The zero-order chi connectivity index (χ0) is 20.0. The molecule has 1 amide bonds. The number of carbonyl (C=O) groups is 1. The lowest BCUT2D eigenvalue weighted by molar-refractivity contribution is -0.384. The van der Waals surface area contributed by atoms with E-state index in [0.717, 1.165) is 0 Å². The average molecular weight is 448 g/mol. The molecule has 0 bridgehead atoms. The zero-order valence-corrected chi connectivity index (χ0v) is 16.6. The Bertz CT molecular complexity index is 829. The smallest absolute Gasteiger partial charge is 0.269 e. The number of nitrogens with zero attached hydrogens (tertiary/aromatic N) is 1. The summed E-state index contributed by atoms with van der Waals surface area (Å²) in [6.07, 6.45) is -1.13. The van der Waals surface area contributed by atoms with Crippen molar-refractivity contribution in [1.29, 1.82) is 0 Å². The second-order valence-corrected chi connectivity index (χ2v) is 7.99. The van der Waals surface area contributed by atoms with Crippen molar-refractivity contribution in [1.82, 2.24) is 10.6 Å². The monoisotopic (exact) mass is 446 g/mol. The number of carbonyl (C=O) groups excluding carboxylic acids is 1. The van der Waals surface area contributed by atoms with Crippen LogP contribution < -0.4 is 16.0 Å². The number of hydrogen-bond donors (Lipinski definition) is 3. The van der Waals surface area contributed by atoms with Crippen LogP contribution in [0.25, 0.3) is 0 Å². The van der Waals surface area contributed by atoms with Gasteiger partial charge < -0.3 is 16.0 Å². The van der Waals surface area contributed by atoms with Crippen LogP contribution in [0.2, 0.25) is 0 Å². The van der Waals surface area contributed by atoms with Crippen LogP contribution >= 0.6 is 47.0 Å². The fraction of sp³-hybridized carbons (Fsp3) is 0.125. The number of hydrogen-bond acceptors (Lipinski definition) is 4. The minimum absolute atomic E-state index is 0.0496. The van der Waals surface area contributed by atoms with Crippen molar-refractivity contribution in [2.24, 2.45) is 0 Å². The Balaban J connectivity index is 2.03. The number of rotatable bonds is 5. The average Bonchev–Trinajstić information content (AvgIpc) is 2.61. The van der Waals surface area contributed by atoms with Crippen LogP contribution in [0.15, 0.2) is 54.6 Å². The third-order valence-electron chi connectivity index (χ3n) is 3.25. The number of amides is 1. The van der Waals surface area contributed by atoms with Crippen molar-refractivity contribution < 1.29 is 9.72 Å². The number of nitro benzene ring substituents is 1. The van der Waals surface area contributed by atoms with E-state index in [4.69, 9.17) is 47.0 Å². The molecule has 142 valence electrons. The second kappa shape index (κ2) is 9.18. The highest BCUT2D eigenvalue weighted by Crippen LogP contribution is 2.29. The molecule has 0 spiro atoms. The van der Waals surface area contributed by atoms with Gasteiger partial charge >= 0.3 is 0 Å². The zero-order valence-electron chi connectivity index (χ0n) is 13.5. The molecule has 0 radical (unpaired) electrons. The Kier molecular flexibility index (Phi) is 7.20. The van der Waals surface area contributed by atoms with Crippen molar-refractivity contribution in [2.75, 3.05) is 5.32 Å². The SMILES string of the molecule is O=C(N[C@@H](NC(=S)Nc1ccc([N+](=O)[O-])cc1)C(Cl)(Cl)Cl)c1ccccc1. The van der Waals surface area contributed by atoms with Gasteiger partial charge in [0.05, 0.1) is 4.92 Å². The molecular weight excluding hydrogens is 435 g/mol. The molecule has 27 heavy (non-hydrogen) atoms. The van der Waals surface area contributed by atoms with E-state index in [1.54, 1.807) is 30.3 Å². The predicted octanol–water partition coefficient (Wildman–Crippen LogP) is 4.01. The summed E-state index contributed by atoms with van der Waals surface area (Å²) in [5.74, 6) is -0.461. The van der Waals surface area contributed by atoms with Crippen LogP contribution in [-0.4, -0.2) is 25.9 Å². The first-order valence-corrected chi connectivity index (χ1v) is 8.95. The molecule has 3 N–H and O–H groups in total. The van der Waals surface area contributed by atoms with Crippen molar-refractivity contribution in [2.45, 2.75) is 9.96 Å². The fourth-order valence-corrected chi connectivity index (χ4v) is 2.53. The maximum atomic E-state index is 12.3. The molecule has 7 nitrogen and oxygen atoms in total. The summed E-state index contributed by atoms with van der Waals surface area (Å²) >= 11 is 22.9. The van der Waals surface area contributed by atoms with Gasteiger partial charge in [-0.05, 0) is 36.5 Å². The molecule has 2 aromatic carbocycles. The Hall–Kier alpha value is -2.13. The molecule has 1 atom stereocenters. The van der Waals surface area contributed by atoms with Crippen LogP contribution in [0.4, 0.5) is 11.4 Å². The van der Waals surface area contributed by atoms with E-state index >= 15 is 0 Å². The quantitative estimate of drug-likeness (QED) is 0.211. The van der Waals surface area contributed by atoms with Gasteiger partial charge in [-0.3, -0.25) is 14.9 Å². The Labute approximate surface area is 175 Å². The second-order valence-electron chi connectivity index (χ2n) is 5.22. The number of anilines is 1. The number of alkyl halides is 3. The normalized spacial score (nSPS) is 12.0. The molecule has 2 rings (SSSR count). The molecule has 0 heterocycles. The number of nitro groups is 1. The summed E-state index contributed by atoms with van der Waals surface area (Å²) in [7, 11) is 0. The van der Waals surface area contributed by atoms with Crippen molar-refractivity contribution >= 4 is 69.4 Å². The number of thiocarbonyl (C=S) groups is 1. The summed E-state index contributed by atoms with van der Waals surface area (Å²) < 4.78 is -1.90. The molecular formula is C16H13Cl3N4O3S. The number of nitrogens with one attached hydrogen (secondary N) is 3. The van der Waals surface area contributed by atoms with Crippen molar-refractivity contribution in [3.8, 4) is 0 Å². The van der Waals surface area contributed by atoms with Gasteiger partial charge in [0.1, 0.15) is 6.17 Å². The van der Waals surface area contributed by atoms with Crippen molar-refractivity contribution in [3.63, 3.8) is 0 Å². The molecule has 0 fully saturated rings. The molecule has 0 aliphatic heterocycles. The lowest BCUT2D eigenvalue weighted by Crippen LogP contribution is -2.56. The standard InChI is InChI=1S/C16H13Cl3N4O3S/c17-16(18,19)14(21-13(24)10-4-2-1-3-5-10)22-15(27)20-11-6-8-12(9-7-11)23(25)26/h1-9,14H,(H,21,24)(H2,20,22,27)/t14-/m0/s1. The number of benzene rings is 2. The van der Waals surface area contributed by atoms with Crippen LogP contribution in [0, 0.1) is 10.1 Å². The Morgan fingerprint density at radius 3 is 2.15 bits per heavy atom. The third kappa shape index (κ3) is 6.51. The summed E-state index contributed by atoms with van der Waals surface area (Å²) in [4.78, 5) is 22.4. The highest BCUT2D eigenvalue weighted by atomic mass is 35.6. The lowest BCUT2D eigenvalue weighted by Gasteiger charge is -2.27. The van der Waals surface area contributed by atoms with E-state index in [2.05, 4.69) is 16.0 Å². The van der Waals surface area contributed by atoms with Gasteiger partial charge in [0.2, 0.25) is 3.79 Å². The summed E-state index contributed by atoms with van der Waals surface area (Å²) in [5, 5.41) is 18.8. The van der Waals surface area contributed by atoms with Gasteiger partial charge in [-0.25, -0.2) is 0 Å². The Morgan fingerprint density at radius 1 is 1.04 bits per heavy atom. The molecule has 11 heteroatoms. The first-order chi connectivity index (χ1) is 12.7. The highest BCUT2D eigenvalue weighted by Gasteiger charge is 2.34. The van der Waals surface area contributed by atoms with Gasteiger partial charge in [-0.1, -0.05) is 53.0 Å². The topological polar surface area (TPSA) is 96.3 Å². The van der Waals surface area contributed by atoms with Crippen LogP contribution in [0.5, 0.6) is 0 Å². The summed E-state index contributed by atoms with van der Waals surface area (Å²) in [6, 6.07) is 14.0. The van der Waals surface area contributed by atoms with E-state index in [0.29, 0.717) is 11.3 Å². The minimum Gasteiger partial charge on any atom is -0.339 e. The van der Waals surface area contributed by atoms with E-state index < -0.39 is 20.8 Å². The predicted molar refractivity (Wildman–Crippen MR) is 110 cm³/mol. The highest BCUT2D eigenvalue weighted by molar-refractivity contribution is 7.80. The third-order valence-corrected chi connectivity index (χ3v) is 4.12. The molecule has 0 aromatic heterocycles. The molecule has 0 aliphatic rings. The van der Waals surface area contributed by atoms with Crippen LogP contribution in [0.1, 0.15) is 10.4 Å². The van der Waals surface area contributed by atoms with E-state index in [1.807, 2.05) is 0 Å². The maximum absolute atomic E-state index is 12.3. The fourth-order valence-electron chi connectivity index (χ4n) is 1.97. The maximum Gasteiger partial charge on any atom is 0.269 e. The first-order valence-electron chi connectivity index (χ1n) is 7.41. The number of halogens is 3. The Morgan fingerprint density at radius 2 is 1.63 bits per heavy atom. The molecule has 0 saturated carbocycles. The van der Waals surface area contributed by atoms with E-state index in [9.17, 15) is 14.9 Å². The van der Waals surface area contributed by atoms with E-state index in [1.165, 1.54) is 24.3 Å². The van der Waals surface area contributed by atoms with Gasteiger partial charge in [0.15, 0.2) is 5.11 Å². The van der Waals surface area contributed by atoms with Crippen molar-refractivity contribution in [3.05, 3.63) is 70.3 Å². The lowest BCUT2D eigenvalue weighted by atomic mass is 10.2. The minimum atomic E-state index is -1.90. The molecule has 2 aromatic rings. The summed E-state index contributed by atoms with van der Waals surface area (Å²) in [5.41, 5.74) is 0.803. The van der Waals surface area contributed by atoms with Gasteiger partial charge in [-0.15, -0.1) is 0 Å². The van der Waals surface area contributed by atoms with Gasteiger partial charge in [0, 0.05) is 23.4 Å². The van der Waals surface area contributed by atoms with Gasteiger partial charge in [-0.2, -0.15) is 0 Å². The molecule has 0 aliphatic carbocycles. The van der Waals surface area contributed by atoms with Crippen LogP contribution in [0.3, 0.4) is 0 Å². The molecule has 0 saturated heterocycles. The first kappa shape index (κ1) is 21.2. The molecule has 0 unspecified atom stereocenters. The van der Waals surface area contributed by atoms with E-state index in [-0.39, 0.29) is 10.8 Å². The van der Waals surface area contributed by atoms with Crippen LogP contribution in [-0.2, 0) is 0 Å². The largest absolute Gasteiger partial charge is 0.339 e. The summed E-state index contributed by atoms with van der Waals surface area (Å²) in [6.45, 7) is 0.